The maximum atomic E-state index is 12.8. The zero-order valence-electron chi connectivity index (χ0n) is 51.7. The molecule has 10 heteroatoms. The second-order valence-electron chi connectivity index (χ2n) is 23.9. The van der Waals surface area contributed by atoms with Crippen LogP contribution in [0.3, 0.4) is 0 Å². The van der Waals surface area contributed by atoms with Crippen LogP contribution in [0.2, 0.25) is 0 Å². The summed E-state index contributed by atoms with van der Waals surface area (Å²) in [6.45, 7) is 4.47. The number of phosphoric acid groups is 1. The predicted molar refractivity (Wildman–Crippen MR) is 330 cm³/mol. The number of likely N-dealkylation sites (N-methyl/N-ethyl adjacent to an activating group) is 1. The van der Waals surface area contributed by atoms with Crippen molar-refractivity contribution >= 4 is 19.8 Å². The number of ether oxygens (including phenoxy) is 2. The summed E-state index contributed by atoms with van der Waals surface area (Å²) in [5, 5.41) is 0. The summed E-state index contributed by atoms with van der Waals surface area (Å²) < 4.78 is 34.7. The summed E-state index contributed by atoms with van der Waals surface area (Å²) in [5.41, 5.74) is 0. The van der Waals surface area contributed by atoms with Gasteiger partial charge in [0.25, 0.3) is 0 Å². The van der Waals surface area contributed by atoms with Gasteiger partial charge in [-0.05, 0) is 51.4 Å². The Hall–Kier alpha value is -1.77. The molecule has 0 rings (SSSR count). The lowest BCUT2D eigenvalue weighted by molar-refractivity contribution is -0.870. The van der Waals surface area contributed by atoms with Crippen molar-refractivity contribution in [3.8, 4) is 0 Å². The highest BCUT2D eigenvalue weighted by Gasteiger charge is 2.27. The maximum absolute atomic E-state index is 12.8. The first-order valence-electron chi connectivity index (χ1n) is 33.2. The molecule has 2 atom stereocenters. The maximum Gasteiger partial charge on any atom is 0.472 e. The number of esters is 2. The number of carbonyl (C=O) groups excluding carboxylic acids is 2. The average molecular weight is 1110 g/mol. The molecule has 9 nitrogen and oxygen atoms in total. The molecule has 0 bridgehead atoms. The van der Waals surface area contributed by atoms with Gasteiger partial charge in [-0.3, -0.25) is 18.6 Å². The number of carbonyl (C=O) groups is 2. The fourth-order valence-electron chi connectivity index (χ4n) is 9.79. The Morgan fingerprint density at radius 3 is 1.04 bits per heavy atom. The van der Waals surface area contributed by atoms with Crippen LogP contribution in [0.15, 0.2) is 36.5 Å². The molecule has 0 fully saturated rings. The number of hydrogen-bond acceptors (Lipinski definition) is 7. The molecule has 1 N–H and O–H groups in total. The molecule has 0 aliphatic heterocycles. The molecule has 0 aromatic heterocycles. The van der Waals surface area contributed by atoms with E-state index in [9.17, 15) is 19.0 Å². The number of rotatable bonds is 62. The van der Waals surface area contributed by atoms with Crippen LogP contribution >= 0.6 is 7.82 Å². The number of quaternary nitrogens is 1. The molecule has 0 aromatic rings. The van der Waals surface area contributed by atoms with Gasteiger partial charge in [-0.2, -0.15) is 0 Å². The Morgan fingerprint density at radius 2 is 0.701 bits per heavy atom. The van der Waals surface area contributed by atoms with E-state index < -0.39 is 26.5 Å². The van der Waals surface area contributed by atoms with Gasteiger partial charge in [-0.1, -0.05) is 301 Å². The minimum absolute atomic E-state index is 0.0315. The summed E-state index contributed by atoms with van der Waals surface area (Å²) in [6.07, 6.45) is 73.8. The Labute approximate surface area is 478 Å². The van der Waals surface area contributed by atoms with Gasteiger partial charge >= 0.3 is 19.8 Å². The molecule has 0 aliphatic rings. The summed E-state index contributed by atoms with van der Waals surface area (Å²) in [7, 11) is 1.48. The highest BCUT2D eigenvalue weighted by Crippen LogP contribution is 2.43. The predicted octanol–water partition coefficient (Wildman–Crippen LogP) is 21.1. The fourth-order valence-corrected chi connectivity index (χ4v) is 10.5. The number of phosphoric ester groups is 1. The van der Waals surface area contributed by atoms with Gasteiger partial charge in [-0.25, -0.2) is 4.57 Å². The Balaban J connectivity index is 4.04. The fraction of sp³-hybridized carbons (Fsp3) is 0.881. The smallest absolute Gasteiger partial charge is 0.462 e. The zero-order chi connectivity index (χ0) is 56.3. The highest BCUT2D eigenvalue weighted by atomic mass is 31.2. The topological polar surface area (TPSA) is 108 Å². The quantitative estimate of drug-likeness (QED) is 0.0211. The normalized spacial score (nSPS) is 13.4. The molecular formula is C67H129NO8P+. The van der Waals surface area contributed by atoms with E-state index in [0.717, 1.165) is 57.8 Å². The Morgan fingerprint density at radius 1 is 0.403 bits per heavy atom. The van der Waals surface area contributed by atoms with Crippen LogP contribution in [0, 0.1) is 0 Å². The van der Waals surface area contributed by atoms with Gasteiger partial charge in [0.15, 0.2) is 6.10 Å². The second-order valence-corrected chi connectivity index (χ2v) is 25.3. The third-order valence-electron chi connectivity index (χ3n) is 14.9. The standard InChI is InChI=1S/C67H128NO8P/c1-6-8-10-12-14-16-18-20-22-24-26-28-30-31-32-33-34-35-36-38-39-41-43-45-47-49-51-53-55-57-59-66(69)73-63-65(64-75-77(71,72)74-62-61-68(3,4)5)76-67(70)60-58-56-54-52-50-48-46-44-42-40-37-29-27-25-23-21-19-17-15-13-11-9-7-2/h19,21,25,27,37,40,65H,6-18,20,22-24,26,28-36,38-39,41-64H2,1-5H3/p+1/b21-19-,27-25-,40-37-. The van der Waals surface area contributed by atoms with E-state index >= 15 is 0 Å². The first-order chi connectivity index (χ1) is 37.5. The van der Waals surface area contributed by atoms with E-state index in [0.29, 0.717) is 23.9 Å². The largest absolute Gasteiger partial charge is 0.472 e. The molecule has 0 saturated carbocycles. The Kier molecular flexibility index (Phi) is 57.5. The van der Waals surface area contributed by atoms with Gasteiger partial charge < -0.3 is 18.9 Å². The molecule has 0 spiro atoms. The molecule has 0 radical (unpaired) electrons. The third-order valence-corrected chi connectivity index (χ3v) is 15.9. The van der Waals surface area contributed by atoms with Gasteiger partial charge in [0, 0.05) is 12.8 Å². The van der Waals surface area contributed by atoms with E-state index in [-0.39, 0.29) is 25.6 Å². The van der Waals surface area contributed by atoms with Crippen molar-refractivity contribution < 1.29 is 42.1 Å². The molecule has 0 saturated heterocycles. The molecule has 0 heterocycles. The van der Waals surface area contributed by atoms with Gasteiger partial charge in [0.1, 0.15) is 19.8 Å². The van der Waals surface area contributed by atoms with Crippen LogP contribution in [0.1, 0.15) is 328 Å². The first-order valence-corrected chi connectivity index (χ1v) is 34.7. The van der Waals surface area contributed by atoms with Crippen LogP contribution in [0.5, 0.6) is 0 Å². The molecule has 2 unspecified atom stereocenters. The SMILES string of the molecule is CCCCCCC/C=C\C/C=C\C/C=C\CCCCCCCCCCC(=O)OC(COC(=O)CCCCCCCCCCCCCCCCCCCCCCCCCCCCCCCC)COP(=O)(O)OCC[N+](C)(C)C. The third kappa shape index (κ3) is 63.3. The molecule has 77 heavy (non-hydrogen) atoms. The van der Waals surface area contributed by atoms with E-state index in [1.54, 1.807) is 0 Å². The first kappa shape index (κ1) is 75.2. The number of unbranched alkanes of at least 4 members (excludes halogenated alkanes) is 42. The summed E-state index contributed by atoms with van der Waals surface area (Å²) >= 11 is 0. The van der Waals surface area contributed by atoms with Crippen molar-refractivity contribution in [3.05, 3.63) is 36.5 Å². The average Bonchev–Trinajstić information content (AvgIpc) is 3.39. The van der Waals surface area contributed by atoms with E-state index in [1.165, 1.54) is 238 Å². The monoisotopic (exact) mass is 1110 g/mol. The molecular weight excluding hydrogens is 978 g/mol. The summed E-state index contributed by atoms with van der Waals surface area (Å²) in [6, 6.07) is 0. The highest BCUT2D eigenvalue weighted by molar-refractivity contribution is 7.47. The van der Waals surface area contributed by atoms with Crippen molar-refractivity contribution in [2.24, 2.45) is 0 Å². The van der Waals surface area contributed by atoms with Crippen LogP contribution in [-0.4, -0.2) is 74.9 Å². The van der Waals surface area contributed by atoms with Crippen molar-refractivity contribution in [1.82, 2.24) is 0 Å². The number of nitrogens with zero attached hydrogens (tertiary/aromatic N) is 1. The minimum Gasteiger partial charge on any atom is -0.462 e. The number of allylic oxidation sites excluding steroid dienone is 6. The molecule has 0 aliphatic carbocycles. The summed E-state index contributed by atoms with van der Waals surface area (Å²) in [4.78, 5) is 35.8. The second kappa shape index (κ2) is 58.9. The van der Waals surface area contributed by atoms with Crippen LogP contribution < -0.4 is 0 Å². The van der Waals surface area contributed by atoms with Gasteiger partial charge in [-0.15, -0.1) is 0 Å². The van der Waals surface area contributed by atoms with E-state index in [2.05, 4.69) is 50.3 Å². The minimum atomic E-state index is -4.39. The zero-order valence-corrected chi connectivity index (χ0v) is 52.6. The lowest BCUT2D eigenvalue weighted by atomic mass is 10.0. The van der Waals surface area contributed by atoms with Crippen LogP contribution in [0.25, 0.3) is 0 Å². The van der Waals surface area contributed by atoms with Crippen molar-refractivity contribution in [1.29, 1.82) is 0 Å². The van der Waals surface area contributed by atoms with Gasteiger partial charge in [0.05, 0.1) is 27.7 Å². The lowest BCUT2D eigenvalue weighted by Crippen LogP contribution is -2.37. The molecule has 454 valence electrons. The molecule has 0 aromatic carbocycles. The van der Waals surface area contributed by atoms with Crippen molar-refractivity contribution in [2.75, 3.05) is 47.5 Å². The van der Waals surface area contributed by atoms with Crippen molar-refractivity contribution in [3.63, 3.8) is 0 Å². The number of hydrogen-bond donors (Lipinski definition) is 1. The lowest BCUT2D eigenvalue weighted by Gasteiger charge is -2.24. The van der Waals surface area contributed by atoms with Gasteiger partial charge in [0.2, 0.25) is 0 Å². The van der Waals surface area contributed by atoms with E-state index in [1.807, 2.05) is 21.1 Å². The van der Waals surface area contributed by atoms with Crippen LogP contribution in [0.4, 0.5) is 0 Å². The summed E-state index contributed by atoms with van der Waals surface area (Å²) in [5.74, 6) is -0.789. The van der Waals surface area contributed by atoms with Crippen LogP contribution in [-0.2, 0) is 32.7 Å². The van der Waals surface area contributed by atoms with E-state index in [4.69, 9.17) is 18.5 Å². The Bertz CT molecular complexity index is 1390. The van der Waals surface area contributed by atoms with Crippen molar-refractivity contribution in [2.45, 2.75) is 335 Å². The molecule has 0 amide bonds.